The summed E-state index contributed by atoms with van der Waals surface area (Å²) in [5, 5.41) is 0.357. The number of carbonyl (C=O) groups is 2. The molecule has 3 aromatic rings. The van der Waals surface area contributed by atoms with Gasteiger partial charge < -0.3 is 0 Å². The van der Waals surface area contributed by atoms with Crippen LogP contribution in [0, 0.1) is 9.39 Å². The second kappa shape index (κ2) is 9.49. The smallest absolute Gasteiger partial charge is 0.252 e. The van der Waals surface area contributed by atoms with Crippen molar-refractivity contribution in [2.75, 3.05) is 4.90 Å². The highest BCUT2D eigenvalue weighted by Gasteiger charge is 2.47. The van der Waals surface area contributed by atoms with Crippen LogP contribution in [0.3, 0.4) is 0 Å². The predicted molar refractivity (Wildman–Crippen MR) is 131 cm³/mol. The number of amides is 2. The van der Waals surface area contributed by atoms with E-state index in [4.69, 9.17) is 11.6 Å². The summed E-state index contributed by atoms with van der Waals surface area (Å²) in [6.07, 6.45) is -0.307. The normalized spacial score (nSPS) is 16.6. The molecule has 1 aliphatic rings. The molecule has 1 fully saturated rings. The molecule has 0 bridgehead atoms. The summed E-state index contributed by atoms with van der Waals surface area (Å²) in [6, 6.07) is 16.4. The Morgan fingerprint density at radius 3 is 2.18 bits per heavy atom. The van der Waals surface area contributed by atoms with Gasteiger partial charge in [-0.25, -0.2) is 17.7 Å². The number of anilines is 1. The summed E-state index contributed by atoms with van der Waals surface area (Å²) in [5.41, 5.74) is 0.848. The van der Waals surface area contributed by atoms with Crippen LogP contribution >= 0.6 is 34.2 Å². The van der Waals surface area contributed by atoms with Crippen molar-refractivity contribution in [2.45, 2.75) is 23.9 Å². The number of nitrogens with zero attached hydrogens (tertiary/aromatic N) is 2. The van der Waals surface area contributed by atoms with Gasteiger partial charge in [-0.2, -0.15) is 4.31 Å². The number of imide groups is 1. The molecule has 0 N–H and O–H groups in total. The van der Waals surface area contributed by atoms with Crippen molar-refractivity contribution in [3.63, 3.8) is 0 Å². The van der Waals surface area contributed by atoms with E-state index in [1.807, 2.05) is 0 Å². The van der Waals surface area contributed by atoms with Gasteiger partial charge in [0, 0.05) is 15.1 Å². The summed E-state index contributed by atoms with van der Waals surface area (Å²) in [4.78, 5) is 27.1. The predicted octanol–water partition coefficient (Wildman–Crippen LogP) is 4.61. The summed E-state index contributed by atoms with van der Waals surface area (Å²) in [6.45, 7) is -0.213. The topological polar surface area (TPSA) is 74.8 Å². The molecule has 1 heterocycles. The monoisotopic (exact) mass is 598 g/mol. The van der Waals surface area contributed by atoms with Gasteiger partial charge in [0.2, 0.25) is 15.9 Å². The molecule has 0 saturated carbocycles. The zero-order valence-corrected chi connectivity index (χ0v) is 20.7. The van der Waals surface area contributed by atoms with E-state index in [0.717, 1.165) is 12.8 Å². The highest BCUT2D eigenvalue weighted by Crippen LogP contribution is 2.31. The van der Waals surface area contributed by atoms with Gasteiger partial charge in [0.1, 0.15) is 11.9 Å². The molecule has 4 rings (SSSR count). The fourth-order valence-corrected chi connectivity index (χ4v) is 5.63. The van der Waals surface area contributed by atoms with Crippen LogP contribution in [0.1, 0.15) is 12.0 Å². The quantitative estimate of drug-likeness (QED) is 0.307. The number of hydrogen-bond donors (Lipinski definition) is 0. The Hall–Kier alpha value is -2.34. The van der Waals surface area contributed by atoms with Gasteiger partial charge in [-0.3, -0.25) is 9.59 Å². The molecular weight excluding hydrogens is 582 g/mol. The van der Waals surface area contributed by atoms with Crippen molar-refractivity contribution < 1.29 is 22.4 Å². The molecule has 2 amide bonds. The Labute approximate surface area is 209 Å². The third-order valence-electron chi connectivity index (χ3n) is 5.23. The SMILES string of the molecule is O=C1CC(N(Cc2ccc(F)cc2)S(=O)(=O)c2ccc(Cl)cc2)C(=O)N1c1ccc(I)cc1. The van der Waals surface area contributed by atoms with E-state index in [-0.39, 0.29) is 17.9 Å². The van der Waals surface area contributed by atoms with Crippen LogP contribution in [0.4, 0.5) is 10.1 Å². The maximum absolute atomic E-state index is 13.6. The minimum atomic E-state index is -4.20. The van der Waals surface area contributed by atoms with Crippen molar-refractivity contribution in [3.05, 3.63) is 92.8 Å². The lowest BCUT2D eigenvalue weighted by Crippen LogP contribution is -2.45. The number of rotatable bonds is 6. The molecular formula is C23H17ClFIN2O4S. The van der Waals surface area contributed by atoms with E-state index in [9.17, 15) is 22.4 Å². The van der Waals surface area contributed by atoms with Crippen LogP contribution in [-0.4, -0.2) is 30.6 Å². The van der Waals surface area contributed by atoms with E-state index in [1.54, 1.807) is 24.3 Å². The number of halogens is 3. The molecule has 1 atom stereocenters. The molecule has 0 aliphatic carbocycles. The largest absolute Gasteiger partial charge is 0.274 e. The number of benzene rings is 3. The fraction of sp³-hybridized carbons (Fsp3) is 0.130. The van der Waals surface area contributed by atoms with Crippen molar-refractivity contribution in [2.24, 2.45) is 0 Å². The van der Waals surface area contributed by atoms with E-state index in [2.05, 4.69) is 22.6 Å². The van der Waals surface area contributed by atoms with Crippen molar-refractivity contribution in [1.29, 1.82) is 0 Å². The van der Waals surface area contributed by atoms with E-state index in [1.165, 1.54) is 48.5 Å². The van der Waals surface area contributed by atoms with E-state index >= 15 is 0 Å². The molecule has 3 aromatic carbocycles. The second-order valence-electron chi connectivity index (χ2n) is 7.39. The van der Waals surface area contributed by atoms with Crippen LogP contribution in [0.5, 0.6) is 0 Å². The average molecular weight is 599 g/mol. The molecule has 0 aromatic heterocycles. The van der Waals surface area contributed by atoms with Gasteiger partial charge in [-0.15, -0.1) is 0 Å². The van der Waals surface area contributed by atoms with Gasteiger partial charge >= 0.3 is 0 Å². The highest BCUT2D eigenvalue weighted by molar-refractivity contribution is 14.1. The number of carbonyl (C=O) groups excluding carboxylic acids is 2. The molecule has 0 radical (unpaired) electrons. The summed E-state index contributed by atoms with van der Waals surface area (Å²) in [5.74, 6) is -1.61. The number of hydrogen-bond acceptors (Lipinski definition) is 4. The van der Waals surface area contributed by atoms with Gasteiger partial charge in [-0.05, 0) is 88.8 Å². The van der Waals surface area contributed by atoms with Crippen molar-refractivity contribution >= 4 is 61.7 Å². The first-order valence-electron chi connectivity index (χ1n) is 9.81. The minimum Gasteiger partial charge on any atom is -0.274 e. The van der Waals surface area contributed by atoms with Gasteiger partial charge in [0.25, 0.3) is 5.91 Å². The molecule has 1 unspecified atom stereocenters. The van der Waals surface area contributed by atoms with E-state index in [0.29, 0.717) is 16.3 Å². The third kappa shape index (κ3) is 4.96. The zero-order chi connectivity index (χ0) is 23.8. The summed E-state index contributed by atoms with van der Waals surface area (Å²) in [7, 11) is -4.20. The fourth-order valence-electron chi connectivity index (χ4n) is 3.58. The molecule has 170 valence electrons. The first kappa shape index (κ1) is 23.8. The Kier molecular flexibility index (Phi) is 6.85. The van der Waals surface area contributed by atoms with Gasteiger partial charge in [0.15, 0.2) is 0 Å². The Bertz CT molecular complexity index is 1300. The van der Waals surface area contributed by atoms with Crippen molar-refractivity contribution in [1.82, 2.24) is 4.31 Å². The molecule has 10 heteroatoms. The minimum absolute atomic E-state index is 0.0676. The third-order valence-corrected chi connectivity index (χ3v) is 8.07. The summed E-state index contributed by atoms with van der Waals surface area (Å²) >= 11 is 8.01. The lowest BCUT2D eigenvalue weighted by atomic mass is 10.2. The summed E-state index contributed by atoms with van der Waals surface area (Å²) < 4.78 is 42.5. The molecule has 6 nitrogen and oxygen atoms in total. The zero-order valence-electron chi connectivity index (χ0n) is 17.0. The van der Waals surface area contributed by atoms with Crippen LogP contribution in [0.25, 0.3) is 0 Å². The maximum Gasteiger partial charge on any atom is 0.252 e. The molecule has 33 heavy (non-hydrogen) atoms. The van der Waals surface area contributed by atoms with Crippen molar-refractivity contribution in [3.8, 4) is 0 Å². The number of sulfonamides is 1. The van der Waals surface area contributed by atoms with E-state index < -0.39 is 33.7 Å². The first-order valence-corrected chi connectivity index (χ1v) is 12.7. The van der Waals surface area contributed by atoms with Crippen LogP contribution < -0.4 is 4.90 Å². The molecule has 1 saturated heterocycles. The second-order valence-corrected chi connectivity index (χ2v) is 11.0. The molecule has 0 spiro atoms. The lowest BCUT2D eigenvalue weighted by Gasteiger charge is -2.27. The average Bonchev–Trinajstić information content (AvgIpc) is 3.07. The van der Waals surface area contributed by atoms with Gasteiger partial charge in [0.05, 0.1) is 17.0 Å². The van der Waals surface area contributed by atoms with Crippen LogP contribution in [0.2, 0.25) is 5.02 Å². The Morgan fingerprint density at radius 2 is 1.58 bits per heavy atom. The van der Waals surface area contributed by atoms with Gasteiger partial charge in [-0.1, -0.05) is 23.7 Å². The lowest BCUT2D eigenvalue weighted by molar-refractivity contribution is -0.122. The van der Waals surface area contributed by atoms with Crippen LogP contribution in [0.15, 0.2) is 77.7 Å². The van der Waals surface area contributed by atoms with Crippen LogP contribution in [-0.2, 0) is 26.2 Å². The highest BCUT2D eigenvalue weighted by atomic mass is 127. The Morgan fingerprint density at radius 1 is 0.970 bits per heavy atom. The molecule has 1 aliphatic heterocycles. The standard InChI is InChI=1S/C23H17ClFIN2O4S/c24-16-3-11-20(12-4-16)33(31,32)27(14-15-1-5-17(25)6-2-15)21-13-22(29)28(23(21)30)19-9-7-18(26)8-10-19/h1-12,21H,13-14H2. The Balaban J connectivity index is 1.74. The maximum atomic E-state index is 13.6. The first-order chi connectivity index (χ1) is 15.7.